The van der Waals surface area contributed by atoms with E-state index in [1.165, 1.54) is 0 Å². The highest BCUT2D eigenvalue weighted by atomic mass is 16.1. The molecule has 2 rings (SSSR count). The maximum atomic E-state index is 11.7. The molecule has 4 nitrogen and oxygen atoms in total. The second-order valence-electron chi connectivity index (χ2n) is 3.94. The van der Waals surface area contributed by atoms with Crippen molar-refractivity contribution >= 4 is 17.4 Å². The first-order chi connectivity index (χ1) is 7.25. The zero-order chi connectivity index (χ0) is 10.7. The number of pyridine rings is 1. The molecular formula is C11H15N3O. The van der Waals surface area contributed by atoms with Gasteiger partial charge in [0.05, 0.1) is 11.9 Å². The lowest BCUT2D eigenvalue weighted by Gasteiger charge is -2.09. The quantitative estimate of drug-likeness (QED) is 0.773. The van der Waals surface area contributed by atoms with Gasteiger partial charge in [-0.05, 0) is 25.0 Å². The van der Waals surface area contributed by atoms with Crippen molar-refractivity contribution in [2.45, 2.75) is 25.7 Å². The van der Waals surface area contributed by atoms with Gasteiger partial charge in [0.25, 0.3) is 0 Å². The van der Waals surface area contributed by atoms with Gasteiger partial charge in [0.1, 0.15) is 5.82 Å². The summed E-state index contributed by atoms with van der Waals surface area (Å²) in [6.07, 6.45) is 5.93. The monoisotopic (exact) mass is 205 g/mol. The molecule has 80 valence electrons. The number of amides is 1. The van der Waals surface area contributed by atoms with E-state index >= 15 is 0 Å². The van der Waals surface area contributed by atoms with Gasteiger partial charge < -0.3 is 11.1 Å². The Morgan fingerprint density at radius 2 is 2.13 bits per heavy atom. The van der Waals surface area contributed by atoms with Crippen LogP contribution >= 0.6 is 0 Å². The van der Waals surface area contributed by atoms with Gasteiger partial charge in [-0.15, -0.1) is 0 Å². The Morgan fingerprint density at radius 1 is 1.40 bits per heavy atom. The number of rotatable bonds is 2. The minimum Gasteiger partial charge on any atom is -0.384 e. The van der Waals surface area contributed by atoms with Crippen LogP contribution in [-0.2, 0) is 4.79 Å². The second-order valence-corrected chi connectivity index (χ2v) is 3.94. The third-order valence-electron chi connectivity index (χ3n) is 2.78. The predicted octanol–water partition coefficient (Wildman–Crippen LogP) is 1.79. The summed E-state index contributed by atoms with van der Waals surface area (Å²) in [7, 11) is 0. The number of nitrogen functional groups attached to an aromatic ring is 1. The molecule has 4 heteroatoms. The van der Waals surface area contributed by atoms with Crippen LogP contribution in [0.5, 0.6) is 0 Å². The molecule has 3 N–H and O–H groups in total. The van der Waals surface area contributed by atoms with Crippen molar-refractivity contribution < 1.29 is 4.79 Å². The molecule has 1 aromatic heterocycles. The predicted molar refractivity (Wildman–Crippen MR) is 59.2 cm³/mol. The topological polar surface area (TPSA) is 68.0 Å². The van der Waals surface area contributed by atoms with Crippen LogP contribution in [0.1, 0.15) is 25.7 Å². The van der Waals surface area contributed by atoms with E-state index in [9.17, 15) is 4.79 Å². The van der Waals surface area contributed by atoms with Crippen molar-refractivity contribution in [2.75, 3.05) is 11.1 Å². The van der Waals surface area contributed by atoms with Gasteiger partial charge in [0.2, 0.25) is 5.91 Å². The van der Waals surface area contributed by atoms with Crippen LogP contribution < -0.4 is 11.1 Å². The first kappa shape index (κ1) is 9.96. The van der Waals surface area contributed by atoms with Crippen LogP contribution in [0.3, 0.4) is 0 Å². The largest absolute Gasteiger partial charge is 0.384 e. The first-order valence-corrected chi connectivity index (χ1v) is 5.28. The Balaban J connectivity index is 1.96. The van der Waals surface area contributed by atoms with Gasteiger partial charge in [0, 0.05) is 5.92 Å². The third kappa shape index (κ3) is 2.46. The fourth-order valence-corrected chi connectivity index (χ4v) is 1.91. The van der Waals surface area contributed by atoms with Crippen LogP contribution in [0.2, 0.25) is 0 Å². The highest BCUT2D eigenvalue weighted by Gasteiger charge is 2.22. The first-order valence-electron chi connectivity index (χ1n) is 5.28. The lowest BCUT2D eigenvalue weighted by Crippen LogP contribution is -2.20. The van der Waals surface area contributed by atoms with Crippen LogP contribution in [-0.4, -0.2) is 10.9 Å². The van der Waals surface area contributed by atoms with E-state index in [4.69, 9.17) is 5.73 Å². The molecule has 0 spiro atoms. The molecular weight excluding hydrogens is 190 g/mol. The number of carbonyl (C=O) groups excluding carboxylic acids is 1. The van der Waals surface area contributed by atoms with E-state index in [1.807, 2.05) is 0 Å². The van der Waals surface area contributed by atoms with E-state index in [0.717, 1.165) is 31.4 Å². The number of anilines is 2. The maximum Gasteiger partial charge on any atom is 0.227 e. The van der Waals surface area contributed by atoms with Crippen molar-refractivity contribution in [3.8, 4) is 0 Å². The average Bonchev–Trinajstić information content (AvgIpc) is 2.74. The standard InChI is InChI=1S/C11H15N3O/c12-10-6-5-9(7-13-10)14-11(15)8-3-1-2-4-8/h5-8H,1-4H2,(H2,12,13)(H,14,15). The molecule has 0 atom stereocenters. The van der Waals surface area contributed by atoms with Crippen molar-refractivity contribution in [3.05, 3.63) is 18.3 Å². The van der Waals surface area contributed by atoms with Gasteiger partial charge in [-0.2, -0.15) is 0 Å². The number of nitrogens with zero attached hydrogens (tertiary/aromatic N) is 1. The zero-order valence-corrected chi connectivity index (χ0v) is 8.57. The molecule has 1 aliphatic rings. The maximum absolute atomic E-state index is 11.7. The summed E-state index contributed by atoms with van der Waals surface area (Å²) in [6.45, 7) is 0. The Morgan fingerprint density at radius 3 is 2.73 bits per heavy atom. The van der Waals surface area contributed by atoms with Crippen molar-refractivity contribution in [1.29, 1.82) is 0 Å². The fourth-order valence-electron chi connectivity index (χ4n) is 1.91. The summed E-state index contributed by atoms with van der Waals surface area (Å²) >= 11 is 0. The lowest BCUT2D eigenvalue weighted by atomic mass is 10.1. The summed E-state index contributed by atoms with van der Waals surface area (Å²) in [5.74, 6) is 0.760. The molecule has 1 amide bonds. The number of nitrogens with two attached hydrogens (primary N) is 1. The summed E-state index contributed by atoms with van der Waals surface area (Å²) < 4.78 is 0. The Hall–Kier alpha value is -1.58. The molecule has 0 aromatic carbocycles. The van der Waals surface area contributed by atoms with Gasteiger partial charge in [-0.1, -0.05) is 12.8 Å². The lowest BCUT2D eigenvalue weighted by molar-refractivity contribution is -0.119. The molecule has 1 aromatic rings. The molecule has 0 saturated heterocycles. The number of hydrogen-bond acceptors (Lipinski definition) is 3. The van der Waals surface area contributed by atoms with E-state index in [0.29, 0.717) is 5.82 Å². The van der Waals surface area contributed by atoms with E-state index in [1.54, 1.807) is 18.3 Å². The Bertz CT molecular complexity index is 341. The van der Waals surface area contributed by atoms with Gasteiger partial charge in [0.15, 0.2) is 0 Å². The van der Waals surface area contributed by atoms with Crippen molar-refractivity contribution in [1.82, 2.24) is 4.98 Å². The molecule has 15 heavy (non-hydrogen) atoms. The van der Waals surface area contributed by atoms with Crippen LogP contribution in [0.25, 0.3) is 0 Å². The fraction of sp³-hybridized carbons (Fsp3) is 0.455. The van der Waals surface area contributed by atoms with Gasteiger partial charge in [-0.25, -0.2) is 4.98 Å². The van der Waals surface area contributed by atoms with Crippen molar-refractivity contribution in [2.24, 2.45) is 5.92 Å². The molecule has 1 aliphatic carbocycles. The van der Waals surface area contributed by atoms with E-state index < -0.39 is 0 Å². The van der Waals surface area contributed by atoms with Crippen LogP contribution in [0.4, 0.5) is 11.5 Å². The van der Waals surface area contributed by atoms with Crippen LogP contribution in [0.15, 0.2) is 18.3 Å². The summed E-state index contributed by atoms with van der Waals surface area (Å²) in [5, 5.41) is 2.85. The summed E-state index contributed by atoms with van der Waals surface area (Å²) in [6, 6.07) is 3.46. The number of hydrogen-bond donors (Lipinski definition) is 2. The van der Waals surface area contributed by atoms with Crippen LogP contribution in [0, 0.1) is 5.92 Å². The molecule has 1 heterocycles. The summed E-state index contributed by atoms with van der Waals surface area (Å²) in [4.78, 5) is 15.7. The van der Waals surface area contributed by atoms with Crippen molar-refractivity contribution in [3.63, 3.8) is 0 Å². The minimum absolute atomic E-state index is 0.110. The molecule has 1 fully saturated rings. The second kappa shape index (κ2) is 4.29. The SMILES string of the molecule is Nc1ccc(NC(=O)C2CCCC2)cn1. The molecule has 0 bridgehead atoms. The molecule has 0 aliphatic heterocycles. The number of aromatic nitrogens is 1. The summed E-state index contributed by atoms with van der Waals surface area (Å²) in [5.41, 5.74) is 6.18. The smallest absolute Gasteiger partial charge is 0.227 e. The molecule has 0 radical (unpaired) electrons. The minimum atomic E-state index is 0.110. The average molecular weight is 205 g/mol. The third-order valence-corrected chi connectivity index (χ3v) is 2.78. The normalized spacial score (nSPS) is 16.5. The highest BCUT2D eigenvalue weighted by molar-refractivity contribution is 5.92. The van der Waals surface area contributed by atoms with Gasteiger partial charge >= 0.3 is 0 Å². The molecule has 0 unspecified atom stereocenters. The Labute approximate surface area is 88.9 Å². The number of nitrogens with one attached hydrogen (secondary N) is 1. The van der Waals surface area contributed by atoms with Gasteiger partial charge in [-0.3, -0.25) is 4.79 Å². The highest BCUT2D eigenvalue weighted by Crippen LogP contribution is 2.25. The Kier molecular flexibility index (Phi) is 2.85. The van der Waals surface area contributed by atoms with E-state index in [2.05, 4.69) is 10.3 Å². The molecule has 1 saturated carbocycles. The van der Waals surface area contributed by atoms with E-state index in [-0.39, 0.29) is 11.8 Å². The number of carbonyl (C=O) groups is 1. The zero-order valence-electron chi connectivity index (χ0n) is 8.57.